The summed E-state index contributed by atoms with van der Waals surface area (Å²) in [5.41, 5.74) is 0.789. The van der Waals surface area contributed by atoms with Gasteiger partial charge in [0.15, 0.2) is 6.04 Å². The number of carboxylic acids is 1. The summed E-state index contributed by atoms with van der Waals surface area (Å²) in [5.74, 6) is -2.10. The maximum atomic E-state index is 11.3. The molecule has 0 fully saturated rings. The van der Waals surface area contributed by atoms with E-state index in [0.29, 0.717) is 0 Å². The highest BCUT2D eigenvalue weighted by molar-refractivity contribution is 5.82. The minimum atomic E-state index is -1.44. The highest BCUT2D eigenvalue weighted by Crippen LogP contribution is 2.04. The molecule has 0 aromatic heterocycles. The first-order valence-electron chi connectivity index (χ1n) is 5.13. The van der Waals surface area contributed by atoms with E-state index in [1.54, 1.807) is 24.3 Å². The molecule has 0 aliphatic rings. The lowest BCUT2D eigenvalue weighted by molar-refractivity contribution is -0.149. The molecule has 0 aliphatic carbocycles. The van der Waals surface area contributed by atoms with Crippen LogP contribution in [0.1, 0.15) is 12.0 Å². The summed E-state index contributed by atoms with van der Waals surface area (Å²) < 4.78 is 4.86. The summed E-state index contributed by atoms with van der Waals surface area (Å²) in [7, 11) is 0. The minimum Gasteiger partial charge on any atom is -0.480 e. The first-order chi connectivity index (χ1) is 8.63. The van der Waals surface area contributed by atoms with Crippen LogP contribution >= 0.6 is 0 Å². The van der Waals surface area contributed by atoms with Gasteiger partial charge in [0.25, 0.3) is 0 Å². The molecule has 0 unspecified atom stereocenters. The number of carboxylic acid groups (broad SMARTS) is 1. The van der Waals surface area contributed by atoms with Gasteiger partial charge < -0.3 is 9.84 Å². The first-order valence-corrected chi connectivity index (χ1v) is 5.13. The maximum absolute atomic E-state index is 11.3. The van der Waals surface area contributed by atoms with Crippen LogP contribution in [0.25, 0.3) is 0 Å². The Hall–Kier alpha value is -2.46. The van der Waals surface area contributed by atoms with E-state index in [0.717, 1.165) is 11.6 Å². The fourth-order valence-corrected chi connectivity index (χ4v) is 1.21. The van der Waals surface area contributed by atoms with Crippen molar-refractivity contribution in [2.24, 2.45) is 4.99 Å². The lowest BCUT2D eigenvalue weighted by Crippen LogP contribution is -2.22. The molecule has 0 radical (unpaired) electrons. The van der Waals surface area contributed by atoms with Gasteiger partial charge >= 0.3 is 11.9 Å². The normalized spacial score (nSPS) is 11.1. The number of carbonyl (C=O) groups excluding carboxylic acids is 2. The Morgan fingerprint density at radius 3 is 2.56 bits per heavy atom. The molecule has 6 nitrogen and oxygen atoms in total. The summed E-state index contributed by atoms with van der Waals surface area (Å²) in [6.07, 6.45) is 0.626. The molecule has 1 atom stereocenters. The second-order valence-electron chi connectivity index (χ2n) is 3.42. The Labute approximate surface area is 103 Å². The highest BCUT2D eigenvalue weighted by atomic mass is 16.5. The van der Waals surface area contributed by atoms with Crippen LogP contribution in [-0.2, 0) is 25.7 Å². The van der Waals surface area contributed by atoms with Crippen molar-refractivity contribution in [3.05, 3.63) is 35.9 Å². The lowest BCUT2D eigenvalue weighted by Gasteiger charge is -2.06. The second-order valence-corrected chi connectivity index (χ2v) is 3.42. The Bertz CT molecular complexity index is 463. The predicted molar refractivity (Wildman–Crippen MR) is 60.4 cm³/mol. The minimum absolute atomic E-state index is 0.0524. The molecular formula is C12H11NO5. The largest absolute Gasteiger partial charge is 0.480 e. The van der Waals surface area contributed by atoms with Crippen molar-refractivity contribution < 1.29 is 24.2 Å². The predicted octanol–water partition coefficient (Wildman–Crippen LogP) is 0.909. The quantitative estimate of drug-likeness (QED) is 0.459. The van der Waals surface area contributed by atoms with Crippen molar-refractivity contribution in [1.29, 1.82) is 0 Å². The number of benzene rings is 1. The Morgan fingerprint density at radius 1 is 1.33 bits per heavy atom. The van der Waals surface area contributed by atoms with Crippen molar-refractivity contribution >= 4 is 18.0 Å². The molecule has 0 spiro atoms. The van der Waals surface area contributed by atoms with E-state index in [9.17, 15) is 14.4 Å². The van der Waals surface area contributed by atoms with Gasteiger partial charge in [-0.3, -0.25) is 4.79 Å². The SMILES string of the molecule is O=C=N[C@@H](CC(=O)OCc1ccccc1)C(=O)O. The van der Waals surface area contributed by atoms with Crippen molar-refractivity contribution in [1.82, 2.24) is 0 Å². The van der Waals surface area contributed by atoms with Gasteiger partial charge in [0.2, 0.25) is 6.08 Å². The van der Waals surface area contributed by atoms with E-state index >= 15 is 0 Å². The van der Waals surface area contributed by atoms with Gasteiger partial charge in [-0.1, -0.05) is 30.3 Å². The van der Waals surface area contributed by atoms with Crippen molar-refractivity contribution in [3.63, 3.8) is 0 Å². The third-order valence-corrected chi connectivity index (χ3v) is 2.10. The maximum Gasteiger partial charge on any atom is 0.329 e. The molecule has 0 saturated carbocycles. The molecule has 0 aliphatic heterocycles. The zero-order valence-corrected chi connectivity index (χ0v) is 9.41. The fourth-order valence-electron chi connectivity index (χ4n) is 1.21. The fraction of sp³-hybridized carbons (Fsp3) is 0.250. The Balaban J connectivity index is 2.46. The van der Waals surface area contributed by atoms with Gasteiger partial charge in [-0.05, 0) is 5.56 Å². The standard InChI is InChI=1S/C12H11NO5/c14-8-13-10(12(16)17)6-11(15)18-7-9-4-2-1-3-5-9/h1-5,10H,6-7H2,(H,16,17)/t10-/m0/s1. The zero-order chi connectivity index (χ0) is 13.4. The molecule has 18 heavy (non-hydrogen) atoms. The molecular weight excluding hydrogens is 238 g/mol. The van der Waals surface area contributed by atoms with Gasteiger partial charge in [-0.25, -0.2) is 9.59 Å². The molecule has 1 N–H and O–H groups in total. The number of nitrogens with zero attached hydrogens (tertiary/aromatic N) is 1. The van der Waals surface area contributed by atoms with Gasteiger partial charge in [0, 0.05) is 0 Å². The molecule has 0 amide bonds. The number of hydrogen-bond acceptors (Lipinski definition) is 5. The third kappa shape index (κ3) is 4.59. The van der Waals surface area contributed by atoms with Crippen LogP contribution in [0, 0.1) is 0 Å². The average Bonchev–Trinajstić information content (AvgIpc) is 2.37. The molecule has 0 bridgehead atoms. The molecule has 6 heteroatoms. The summed E-state index contributed by atoms with van der Waals surface area (Å²) in [4.78, 5) is 34.9. The van der Waals surface area contributed by atoms with Crippen LogP contribution < -0.4 is 0 Å². The molecule has 1 aromatic rings. The van der Waals surface area contributed by atoms with E-state index in [2.05, 4.69) is 4.99 Å². The number of esters is 1. The monoisotopic (exact) mass is 249 g/mol. The van der Waals surface area contributed by atoms with E-state index in [1.807, 2.05) is 6.07 Å². The van der Waals surface area contributed by atoms with Gasteiger partial charge in [-0.15, -0.1) is 0 Å². The number of isocyanates is 1. The first kappa shape index (κ1) is 13.6. The van der Waals surface area contributed by atoms with Crippen LogP contribution in [0.2, 0.25) is 0 Å². The van der Waals surface area contributed by atoms with E-state index in [1.165, 1.54) is 0 Å². The number of carbonyl (C=O) groups is 2. The molecule has 0 saturated heterocycles. The zero-order valence-electron chi connectivity index (χ0n) is 9.41. The smallest absolute Gasteiger partial charge is 0.329 e. The topological polar surface area (TPSA) is 93.0 Å². The van der Waals surface area contributed by atoms with E-state index in [-0.39, 0.29) is 6.61 Å². The van der Waals surface area contributed by atoms with Crippen LogP contribution in [0.4, 0.5) is 0 Å². The second kappa shape index (κ2) is 6.98. The number of rotatable bonds is 6. The van der Waals surface area contributed by atoms with Crippen LogP contribution in [0.15, 0.2) is 35.3 Å². The molecule has 1 rings (SSSR count). The molecule has 94 valence electrons. The number of aliphatic carboxylic acids is 1. The van der Waals surface area contributed by atoms with Gasteiger partial charge in [0.05, 0.1) is 6.42 Å². The van der Waals surface area contributed by atoms with Gasteiger partial charge in [-0.2, -0.15) is 4.99 Å². The van der Waals surface area contributed by atoms with Crippen molar-refractivity contribution in [2.45, 2.75) is 19.1 Å². The van der Waals surface area contributed by atoms with Gasteiger partial charge in [0.1, 0.15) is 6.61 Å². The summed E-state index contributed by atoms with van der Waals surface area (Å²) >= 11 is 0. The summed E-state index contributed by atoms with van der Waals surface area (Å²) in [6, 6.07) is 7.51. The van der Waals surface area contributed by atoms with Crippen LogP contribution in [0.5, 0.6) is 0 Å². The van der Waals surface area contributed by atoms with E-state index < -0.39 is 24.4 Å². The molecule has 0 heterocycles. The number of hydrogen-bond donors (Lipinski definition) is 1. The highest BCUT2D eigenvalue weighted by Gasteiger charge is 2.21. The number of aliphatic imine (C=N–C) groups is 1. The van der Waals surface area contributed by atoms with Crippen molar-refractivity contribution in [2.75, 3.05) is 0 Å². The summed E-state index contributed by atoms with van der Waals surface area (Å²) in [6.45, 7) is 0.0524. The summed E-state index contributed by atoms with van der Waals surface area (Å²) in [5, 5.41) is 8.66. The van der Waals surface area contributed by atoms with Crippen LogP contribution in [0.3, 0.4) is 0 Å². The third-order valence-electron chi connectivity index (χ3n) is 2.10. The Kier molecular flexibility index (Phi) is 5.28. The lowest BCUT2D eigenvalue weighted by atomic mass is 10.2. The van der Waals surface area contributed by atoms with Crippen molar-refractivity contribution in [3.8, 4) is 0 Å². The van der Waals surface area contributed by atoms with E-state index in [4.69, 9.17) is 9.84 Å². The Morgan fingerprint density at radius 2 is 2.00 bits per heavy atom. The molecule has 1 aromatic carbocycles. The average molecular weight is 249 g/mol. The number of ether oxygens (including phenoxy) is 1. The van der Waals surface area contributed by atoms with Crippen LogP contribution in [-0.4, -0.2) is 29.2 Å².